The molecule has 1 N–H and O–H groups in total. The number of hydrogen-bond acceptors (Lipinski definition) is 5. The predicted molar refractivity (Wildman–Crippen MR) is 61.0 cm³/mol. The van der Waals surface area contributed by atoms with Gasteiger partial charge in [-0.3, -0.25) is 0 Å². The summed E-state index contributed by atoms with van der Waals surface area (Å²) in [5, 5.41) is 7.01. The van der Waals surface area contributed by atoms with Crippen LogP contribution >= 0.6 is 0 Å². The highest BCUT2D eigenvalue weighted by molar-refractivity contribution is 4.89. The van der Waals surface area contributed by atoms with E-state index in [0.29, 0.717) is 12.4 Å². The van der Waals surface area contributed by atoms with E-state index >= 15 is 0 Å². The lowest BCUT2D eigenvalue weighted by atomic mass is 9.94. The molecule has 16 heavy (non-hydrogen) atoms. The van der Waals surface area contributed by atoms with E-state index in [9.17, 15) is 0 Å². The van der Waals surface area contributed by atoms with Crippen LogP contribution in [0.4, 0.5) is 0 Å². The monoisotopic (exact) mass is 224 g/mol. The highest BCUT2D eigenvalue weighted by Crippen LogP contribution is 2.19. The minimum atomic E-state index is 0.653. The van der Waals surface area contributed by atoms with Gasteiger partial charge in [0, 0.05) is 6.42 Å². The number of nitrogens with zero attached hydrogens (tertiary/aromatic N) is 3. The molecule has 0 aliphatic carbocycles. The van der Waals surface area contributed by atoms with E-state index in [1.807, 2.05) is 7.05 Å². The number of hydrogen-bond donors (Lipinski definition) is 1. The van der Waals surface area contributed by atoms with Crippen LogP contribution in [0.2, 0.25) is 0 Å². The van der Waals surface area contributed by atoms with Crippen LogP contribution < -0.4 is 5.32 Å². The number of rotatable bonds is 4. The molecule has 0 spiro atoms. The summed E-state index contributed by atoms with van der Waals surface area (Å²) in [6, 6.07) is 0. The fourth-order valence-electron chi connectivity index (χ4n) is 2.12. The summed E-state index contributed by atoms with van der Waals surface area (Å²) in [6.07, 6.45) is 3.44. The van der Waals surface area contributed by atoms with Crippen molar-refractivity contribution in [3.05, 3.63) is 11.7 Å². The Balaban J connectivity index is 1.83. The highest BCUT2D eigenvalue weighted by atomic mass is 16.5. The van der Waals surface area contributed by atoms with Gasteiger partial charge in [-0.25, -0.2) is 0 Å². The van der Waals surface area contributed by atoms with Crippen molar-refractivity contribution in [2.75, 3.05) is 27.2 Å². The molecule has 1 aliphatic rings. The topological polar surface area (TPSA) is 54.2 Å². The molecular weight excluding hydrogens is 204 g/mol. The predicted octanol–water partition coefficient (Wildman–Crippen LogP) is 0.673. The van der Waals surface area contributed by atoms with Gasteiger partial charge in [-0.2, -0.15) is 4.98 Å². The molecule has 1 aromatic rings. The molecule has 0 atom stereocenters. The molecule has 1 aliphatic heterocycles. The van der Waals surface area contributed by atoms with Crippen molar-refractivity contribution in [2.45, 2.75) is 25.8 Å². The molecule has 0 radical (unpaired) electrons. The zero-order valence-electron chi connectivity index (χ0n) is 10.1. The van der Waals surface area contributed by atoms with Gasteiger partial charge in [0.05, 0.1) is 6.54 Å². The Morgan fingerprint density at radius 3 is 2.88 bits per heavy atom. The molecule has 1 saturated heterocycles. The molecule has 0 unspecified atom stereocenters. The molecule has 0 bridgehead atoms. The van der Waals surface area contributed by atoms with Gasteiger partial charge in [0.15, 0.2) is 5.82 Å². The van der Waals surface area contributed by atoms with E-state index in [1.165, 1.54) is 25.9 Å². The number of nitrogens with one attached hydrogen (secondary N) is 1. The van der Waals surface area contributed by atoms with E-state index in [2.05, 4.69) is 27.4 Å². The highest BCUT2D eigenvalue weighted by Gasteiger charge is 2.19. The van der Waals surface area contributed by atoms with Crippen LogP contribution in [0.1, 0.15) is 24.6 Å². The smallest absolute Gasteiger partial charge is 0.240 e. The normalized spacial score (nSPS) is 19.1. The van der Waals surface area contributed by atoms with Crippen LogP contribution in [-0.4, -0.2) is 42.2 Å². The minimum Gasteiger partial charge on any atom is -0.338 e. The first-order valence-corrected chi connectivity index (χ1v) is 5.92. The Morgan fingerprint density at radius 2 is 2.19 bits per heavy atom. The van der Waals surface area contributed by atoms with Crippen molar-refractivity contribution in [3.63, 3.8) is 0 Å². The van der Waals surface area contributed by atoms with Crippen molar-refractivity contribution in [1.29, 1.82) is 0 Å². The fraction of sp³-hybridized carbons (Fsp3) is 0.818. The molecule has 0 aromatic carbocycles. The Kier molecular flexibility index (Phi) is 3.90. The van der Waals surface area contributed by atoms with Gasteiger partial charge >= 0.3 is 0 Å². The van der Waals surface area contributed by atoms with Crippen LogP contribution in [0.5, 0.6) is 0 Å². The van der Waals surface area contributed by atoms with Gasteiger partial charge in [0.1, 0.15) is 0 Å². The van der Waals surface area contributed by atoms with Crippen LogP contribution in [0.15, 0.2) is 4.52 Å². The molecule has 1 aromatic heterocycles. The first-order valence-electron chi connectivity index (χ1n) is 5.92. The average Bonchev–Trinajstić information content (AvgIpc) is 2.70. The van der Waals surface area contributed by atoms with Gasteiger partial charge in [-0.05, 0) is 45.9 Å². The summed E-state index contributed by atoms with van der Waals surface area (Å²) in [4.78, 5) is 6.73. The SMILES string of the molecule is CNCc1nc(CC2CCN(C)CC2)no1. The second kappa shape index (κ2) is 5.41. The summed E-state index contributed by atoms with van der Waals surface area (Å²) in [5.74, 6) is 2.27. The lowest BCUT2D eigenvalue weighted by molar-refractivity contribution is 0.216. The van der Waals surface area contributed by atoms with Crippen LogP contribution in [-0.2, 0) is 13.0 Å². The van der Waals surface area contributed by atoms with Crippen LogP contribution in [0.3, 0.4) is 0 Å². The summed E-state index contributed by atoms with van der Waals surface area (Å²) in [5.41, 5.74) is 0. The van der Waals surface area contributed by atoms with Gasteiger partial charge in [0.2, 0.25) is 5.89 Å². The molecule has 2 heterocycles. The maximum atomic E-state index is 5.13. The molecular formula is C11H20N4O. The minimum absolute atomic E-state index is 0.653. The van der Waals surface area contributed by atoms with Gasteiger partial charge in [0.25, 0.3) is 0 Å². The third kappa shape index (κ3) is 3.02. The maximum absolute atomic E-state index is 5.13. The van der Waals surface area contributed by atoms with E-state index in [-0.39, 0.29) is 0 Å². The van der Waals surface area contributed by atoms with Crippen molar-refractivity contribution in [3.8, 4) is 0 Å². The van der Waals surface area contributed by atoms with E-state index in [4.69, 9.17) is 4.52 Å². The number of likely N-dealkylation sites (tertiary alicyclic amines) is 1. The molecule has 5 nitrogen and oxygen atoms in total. The average molecular weight is 224 g/mol. The van der Waals surface area contributed by atoms with Gasteiger partial charge in [-0.1, -0.05) is 5.16 Å². The van der Waals surface area contributed by atoms with Crippen LogP contribution in [0.25, 0.3) is 0 Å². The molecule has 5 heteroatoms. The Labute approximate surface area is 96.2 Å². The molecule has 1 fully saturated rings. The maximum Gasteiger partial charge on any atom is 0.240 e. The second-order valence-corrected chi connectivity index (χ2v) is 4.59. The quantitative estimate of drug-likeness (QED) is 0.815. The van der Waals surface area contributed by atoms with Gasteiger partial charge < -0.3 is 14.7 Å². The summed E-state index contributed by atoms with van der Waals surface area (Å²) >= 11 is 0. The second-order valence-electron chi connectivity index (χ2n) is 4.59. The fourth-order valence-corrected chi connectivity index (χ4v) is 2.12. The lowest BCUT2D eigenvalue weighted by Crippen LogP contribution is -2.31. The van der Waals surface area contributed by atoms with E-state index < -0.39 is 0 Å². The Hall–Kier alpha value is -0.940. The first kappa shape index (κ1) is 11.5. The Morgan fingerprint density at radius 1 is 1.44 bits per heavy atom. The van der Waals surface area contributed by atoms with E-state index in [0.717, 1.165) is 18.2 Å². The number of aromatic nitrogens is 2. The third-order valence-corrected chi connectivity index (χ3v) is 3.15. The third-order valence-electron chi connectivity index (χ3n) is 3.15. The van der Waals surface area contributed by atoms with E-state index in [1.54, 1.807) is 0 Å². The zero-order valence-corrected chi connectivity index (χ0v) is 10.1. The van der Waals surface area contributed by atoms with Crippen molar-refractivity contribution in [2.24, 2.45) is 5.92 Å². The van der Waals surface area contributed by atoms with Crippen molar-refractivity contribution in [1.82, 2.24) is 20.4 Å². The van der Waals surface area contributed by atoms with Crippen molar-refractivity contribution < 1.29 is 4.52 Å². The molecule has 0 saturated carbocycles. The van der Waals surface area contributed by atoms with Crippen molar-refractivity contribution >= 4 is 0 Å². The summed E-state index contributed by atoms with van der Waals surface area (Å²) in [6.45, 7) is 3.03. The largest absolute Gasteiger partial charge is 0.338 e. The molecule has 90 valence electrons. The lowest BCUT2D eigenvalue weighted by Gasteiger charge is -2.27. The molecule has 2 rings (SSSR count). The van der Waals surface area contributed by atoms with Gasteiger partial charge in [-0.15, -0.1) is 0 Å². The standard InChI is InChI=1S/C11H20N4O/c1-12-8-11-13-10(14-16-11)7-9-3-5-15(2)6-4-9/h9,12H,3-8H2,1-2H3. The molecule has 0 amide bonds. The Bertz CT molecular complexity index is 318. The van der Waals surface area contributed by atoms with Crippen LogP contribution in [0, 0.1) is 5.92 Å². The zero-order chi connectivity index (χ0) is 11.4. The number of piperidine rings is 1. The summed E-state index contributed by atoms with van der Waals surface area (Å²) < 4.78 is 5.13. The first-order chi connectivity index (χ1) is 7.78. The summed E-state index contributed by atoms with van der Waals surface area (Å²) in [7, 11) is 4.05.